The Balaban J connectivity index is 1.89. The van der Waals surface area contributed by atoms with Gasteiger partial charge in [0.1, 0.15) is 0 Å². The van der Waals surface area contributed by atoms with Crippen molar-refractivity contribution >= 4 is 16.5 Å². The van der Waals surface area contributed by atoms with E-state index in [1.807, 2.05) is 12.4 Å². The number of nitrogens with zero attached hydrogens (tertiary/aromatic N) is 2. The summed E-state index contributed by atoms with van der Waals surface area (Å²) in [6.45, 7) is 1.06. The molecule has 5 rings (SSSR count). The fourth-order valence-electron chi connectivity index (χ4n) is 4.13. The van der Waals surface area contributed by atoms with E-state index in [2.05, 4.69) is 83.7 Å². The Bertz CT molecular complexity index is 1100. The van der Waals surface area contributed by atoms with E-state index in [1.165, 1.54) is 44.3 Å². The predicted molar refractivity (Wildman–Crippen MR) is 110 cm³/mol. The Hall–Kier alpha value is -3.13. The summed E-state index contributed by atoms with van der Waals surface area (Å²) in [5.41, 5.74) is 7.70. The number of pyridine rings is 1. The van der Waals surface area contributed by atoms with Crippen LogP contribution in [0, 0.1) is 0 Å². The van der Waals surface area contributed by atoms with Gasteiger partial charge < -0.3 is 4.90 Å². The molecule has 0 N–H and O–H groups in total. The van der Waals surface area contributed by atoms with Crippen LogP contribution in [0.5, 0.6) is 0 Å². The van der Waals surface area contributed by atoms with Gasteiger partial charge in [0, 0.05) is 37.1 Å². The first-order chi connectivity index (χ1) is 12.8. The average molecular weight is 336 g/mol. The molecule has 1 aliphatic rings. The number of anilines is 1. The molecule has 0 spiro atoms. The lowest BCUT2D eigenvalue weighted by atomic mass is 9.89. The topological polar surface area (TPSA) is 16.1 Å². The zero-order valence-electron chi connectivity index (χ0n) is 14.8. The maximum absolute atomic E-state index is 4.58. The van der Waals surface area contributed by atoms with Gasteiger partial charge in [0.25, 0.3) is 0 Å². The first-order valence-corrected chi connectivity index (χ1v) is 9.08. The zero-order chi connectivity index (χ0) is 17.5. The molecule has 0 bridgehead atoms. The third kappa shape index (κ3) is 2.30. The third-order valence-electron chi connectivity index (χ3n) is 5.37. The molecule has 0 radical (unpaired) electrons. The Morgan fingerprint density at radius 2 is 1.62 bits per heavy atom. The Kier molecular flexibility index (Phi) is 3.49. The maximum atomic E-state index is 4.58. The van der Waals surface area contributed by atoms with Crippen LogP contribution >= 0.6 is 0 Å². The highest BCUT2D eigenvalue weighted by Crippen LogP contribution is 2.44. The lowest BCUT2D eigenvalue weighted by Gasteiger charge is -2.20. The van der Waals surface area contributed by atoms with E-state index in [0.717, 1.165) is 13.0 Å². The minimum atomic E-state index is 1.06. The lowest BCUT2D eigenvalue weighted by molar-refractivity contribution is 0.955. The summed E-state index contributed by atoms with van der Waals surface area (Å²) in [5.74, 6) is 0. The molecule has 26 heavy (non-hydrogen) atoms. The smallest absolute Gasteiger partial charge is 0.0508 e. The summed E-state index contributed by atoms with van der Waals surface area (Å²) in [6, 6.07) is 23.8. The summed E-state index contributed by atoms with van der Waals surface area (Å²) >= 11 is 0. The molecule has 0 aliphatic carbocycles. The number of hydrogen-bond acceptors (Lipinski definition) is 2. The van der Waals surface area contributed by atoms with Gasteiger partial charge in [0.2, 0.25) is 0 Å². The first-order valence-electron chi connectivity index (χ1n) is 9.08. The maximum Gasteiger partial charge on any atom is 0.0508 e. The minimum Gasteiger partial charge on any atom is -0.373 e. The van der Waals surface area contributed by atoms with Gasteiger partial charge in [0.15, 0.2) is 0 Å². The third-order valence-corrected chi connectivity index (χ3v) is 5.37. The fourth-order valence-corrected chi connectivity index (χ4v) is 4.13. The monoisotopic (exact) mass is 336 g/mol. The molecular formula is C24H20N2. The van der Waals surface area contributed by atoms with Gasteiger partial charge in [0.05, 0.1) is 5.69 Å². The van der Waals surface area contributed by atoms with Crippen LogP contribution in [-0.4, -0.2) is 18.6 Å². The molecular weight excluding hydrogens is 316 g/mol. The standard InChI is InChI=1S/C24H20N2/c1-26-14-13-19-15-25-16-22(24(19)26)23-20-10-6-5-9-18(20)11-12-21(23)17-7-3-2-4-8-17/h2-12,15-16H,13-14H2,1H3. The predicted octanol–water partition coefficient (Wildman–Crippen LogP) is 5.56. The Labute approximate surface area is 153 Å². The number of benzene rings is 3. The second-order valence-electron chi connectivity index (χ2n) is 6.94. The molecule has 2 nitrogen and oxygen atoms in total. The number of rotatable bonds is 2. The number of hydrogen-bond donors (Lipinski definition) is 0. The van der Waals surface area contributed by atoms with Crippen LogP contribution in [0.15, 0.2) is 79.1 Å². The minimum absolute atomic E-state index is 1.06. The summed E-state index contributed by atoms with van der Waals surface area (Å²) in [4.78, 5) is 6.95. The van der Waals surface area contributed by atoms with Crippen LogP contribution < -0.4 is 4.90 Å². The molecule has 3 aromatic carbocycles. The molecule has 0 unspecified atom stereocenters. The van der Waals surface area contributed by atoms with E-state index in [0.29, 0.717) is 0 Å². The number of aromatic nitrogens is 1. The van der Waals surface area contributed by atoms with Gasteiger partial charge >= 0.3 is 0 Å². The van der Waals surface area contributed by atoms with Gasteiger partial charge in [-0.25, -0.2) is 0 Å². The van der Waals surface area contributed by atoms with Crippen molar-refractivity contribution in [2.45, 2.75) is 6.42 Å². The van der Waals surface area contributed by atoms with Crippen LogP contribution in [0.3, 0.4) is 0 Å². The molecule has 1 aromatic heterocycles. The summed E-state index contributed by atoms with van der Waals surface area (Å²) < 4.78 is 0. The molecule has 0 amide bonds. The van der Waals surface area contributed by atoms with E-state index < -0.39 is 0 Å². The van der Waals surface area contributed by atoms with Crippen LogP contribution in [-0.2, 0) is 6.42 Å². The van der Waals surface area contributed by atoms with Crippen molar-refractivity contribution < 1.29 is 0 Å². The van der Waals surface area contributed by atoms with E-state index >= 15 is 0 Å². The van der Waals surface area contributed by atoms with Crippen molar-refractivity contribution in [3.05, 3.63) is 84.7 Å². The molecule has 0 atom stereocenters. The Morgan fingerprint density at radius 1 is 0.808 bits per heavy atom. The molecule has 0 saturated carbocycles. The summed E-state index contributed by atoms with van der Waals surface area (Å²) in [5, 5.41) is 2.55. The quantitative estimate of drug-likeness (QED) is 0.476. The molecule has 0 saturated heterocycles. The molecule has 1 aliphatic heterocycles. The molecule has 126 valence electrons. The van der Waals surface area contributed by atoms with Crippen molar-refractivity contribution in [3.63, 3.8) is 0 Å². The highest BCUT2D eigenvalue weighted by Gasteiger charge is 2.23. The van der Waals surface area contributed by atoms with Gasteiger partial charge in [-0.15, -0.1) is 0 Å². The zero-order valence-corrected chi connectivity index (χ0v) is 14.8. The molecule has 2 heterocycles. The van der Waals surface area contributed by atoms with Crippen molar-refractivity contribution in [1.82, 2.24) is 4.98 Å². The van der Waals surface area contributed by atoms with Crippen LogP contribution in [0.2, 0.25) is 0 Å². The van der Waals surface area contributed by atoms with E-state index in [9.17, 15) is 0 Å². The number of fused-ring (bicyclic) bond motifs is 2. The fraction of sp³-hybridized carbons (Fsp3) is 0.125. The highest BCUT2D eigenvalue weighted by atomic mass is 15.1. The molecule has 2 heteroatoms. The van der Waals surface area contributed by atoms with Gasteiger partial charge in [-0.1, -0.05) is 66.7 Å². The van der Waals surface area contributed by atoms with Crippen LogP contribution in [0.25, 0.3) is 33.0 Å². The summed E-state index contributed by atoms with van der Waals surface area (Å²) in [7, 11) is 2.18. The Morgan fingerprint density at radius 3 is 2.50 bits per heavy atom. The van der Waals surface area contributed by atoms with Gasteiger partial charge in [-0.3, -0.25) is 4.98 Å². The van der Waals surface area contributed by atoms with Crippen molar-refractivity contribution in [1.29, 1.82) is 0 Å². The summed E-state index contributed by atoms with van der Waals surface area (Å²) in [6.07, 6.45) is 5.13. The van der Waals surface area contributed by atoms with Crippen LogP contribution in [0.4, 0.5) is 5.69 Å². The SMILES string of the molecule is CN1CCc2cncc(-c3c(-c4ccccc4)ccc4ccccc34)c21. The second-order valence-corrected chi connectivity index (χ2v) is 6.94. The van der Waals surface area contributed by atoms with E-state index in [-0.39, 0.29) is 0 Å². The van der Waals surface area contributed by atoms with Crippen molar-refractivity contribution in [2.75, 3.05) is 18.5 Å². The number of likely N-dealkylation sites (N-methyl/N-ethyl adjacent to an activating group) is 1. The average Bonchev–Trinajstić information content (AvgIpc) is 3.09. The largest absolute Gasteiger partial charge is 0.373 e. The molecule has 4 aromatic rings. The second kappa shape index (κ2) is 5.99. The normalized spacial score (nSPS) is 13.2. The van der Waals surface area contributed by atoms with E-state index in [4.69, 9.17) is 0 Å². The first kappa shape index (κ1) is 15.2. The molecule has 0 fully saturated rings. The van der Waals surface area contributed by atoms with Crippen molar-refractivity contribution in [2.24, 2.45) is 0 Å². The van der Waals surface area contributed by atoms with Crippen LogP contribution in [0.1, 0.15) is 5.56 Å². The van der Waals surface area contributed by atoms with Gasteiger partial charge in [-0.2, -0.15) is 0 Å². The van der Waals surface area contributed by atoms with Gasteiger partial charge in [-0.05, 0) is 33.9 Å². The lowest BCUT2D eigenvalue weighted by Crippen LogP contribution is -2.13. The van der Waals surface area contributed by atoms with Crippen molar-refractivity contribution in [3.8, 4) is 22.3 Å². The highest BCUT2D eigenvalue weighted by molar-refractivity contribution is 6.06. The van der Waals surface area contributed by atoms with E-state index in [1.54, 1.807) is 0 Å².